The van der Waals surface area contributed by atoms with Gasteiger partial charge in [0.2, 0.25) is 5.91 Å². The third-order valence-corrected chi connectivity index (χ3v) is 6.05. The van der Waals surface area contributed by atoms with E-state index in [4.69, 9.17) is 0 Å². The van der Waals surface area contributed by atoms with Crippen molar-refractivity contribution in [2.75, 3.05) is 20.2 Å². The maximum atomic E-state index is 12.7. The molecule has 1 saturated carbocycles. The van der Waals surface area contributed by atoms with Crippen LogP contribution in [0.2, 0.25) is 0 Å². The van der Waals surface area contributed by atoms with E-state index in [0.29, 0.717) is 5.92 Å². The zero-order valence-electron chi connectivity index (χ0n) is 17.0. The number of rotatable bonds is 3. The molecule has 2 fully saturated rings. The summed E-state index contributed by atoms with van der Waals surface area (Å²) in [5.41, 5.74) is 2.93. The molecule has 0 bridgehead atoms. The highest BCUT2D eigenvalue weighted by atomic mass is 16.5. The molecule has 1 saturated heterocycles. The van der Waals surface area contributed by atoms with Gasteiger partial charge in [0.1, 0.15) is 0 Å². The number of ether oxygens (including phenoxy) is 1. The number of piperidine rings is 1. The summed E-state index contributed by atoms with van der Waals surface area (Å²) in [6.45, 7) is 8.36. The number of hydrogen-bond acceptors (Lipinski definition) is 3. The Bertz CT molecular complexity index is 664. The summed E-state index contributed by atoms with van der Waals surface area (Å²) in [4.78, 5) is 25.9. The van der Waals surface area contributed by atoms with Gasteiger partial charge in [-0.05, 0) is 48.1 Å². The summed E-state index contributed by atoms with van der Waals surface area (Å²) in [5.74, 6) is 0.840. The third-order valence-electron chi connectivity index (χ3n) is 6.05. The van der Waals surface area contributed by atoms with E-state index in [0.717, 1.165) is 38.8 Å². The molecule has 5 nitrogen and oxygen atoms in total. The van der Waals surface area contributed by atoms with Crippen LogP contribution < -0.4 is 5.32 Å². The van der Waals surface area contributed by atoms with Gasteiger partial charge in [0.05, 0.1) is 7.11 Å². The Labute approximate surface area is 162 Å². The minimum Gasteiger partial charge on any atom is -0.453 e. The SMILES string of the molecule is COC(=O)NC1CC(C(=O)N2CCC(c3ccc(C(C)(C)C)cc3)CC2)C1. The average Bonchev–Trinajstić information content (AvgIpc) is 2.63. The Morgan fingerprint density at radius 2 is 1.67 bits per heavy atom. The van der Waals surface area contributed by atoms with Gasteiger partial charge in [0.25, 0.3) is 0 Å². The molecule has 0 atom stereocenters. The summed E-state index contributed by atoms with van der Waals surface area (Å²) in [6, 6.07) is 9.09. The maximum Gasteiger partial charge on any atom is 0.407 e. The van der Waals surface area contributed by atoms with Crippen molar-refractivity contribution in [3.8, 4) is 0 Å². The standard InChI is InChI=1S/C22H32N2O3/c1-22(2,3)18-7-5-15(6-8-18)16-9-11-24(12-10-16)20(25)17-13-19(14-17)23-21(26)27-4/h5-8,16-17,19H,9-14H2,1-4H3,(H,23,26). The fourth-order valence-corrected chi connectivity index (χ4v) is 4.11. The van der Waals surface area contributed by atoms with E-state index in [2.05, 4.69) is 55.1 Å². The molecule has 1 heterocycles. The second-order valence-corrected chi connectivity index (χ2v) is 8.97. The summed E-state index contributed by atoms with van der Waals surface area (Å²) in [7, 11) is 1.36. The number of nitrogens with one attached hydrogen (secondary N) is 1. The first-order valence-corrected chi connectivity index (χ1v) is 10.0. The van der Waals surface area contributed by atoms with Crippen molar-refractivity contribution in [2.24, 2.45) is 5.92 Å². The van der Waals surface area contributed by atoms with E-state index >= 15 is 0 Å². The van der Waals surface area contributed by atoms with Crippen molar-refractivity contribution in [1.29, 1.82) is 0 Å². The number of hydrogen-bond donors (Lipinski definition) is 1. The summed E-state index contributed by atoms with van der Waals surface area (Å²) in [5, 5.41) is 2.77. The molecular weight excluding hydrogens is 340 g/mol. The number of alkyl carbamates (subject to hydrolysis) is 1. The highest BCUT2D eigenvalue weighted by Gasteiger charge is 2.38. The molecule has 0 unspecified atom stereocenters. The number of methoxy groups -OCH3 is 1. The monoisotopic (exact) mass is 372 g/mol. The molecule has 1 aromatic rings. The number of likely N-dealkylation sites (tertiary alicyclic amines) is 1. The van der Waals surface area contributed by atoms with Crippen LogP contribution in [0.1, 0.15) is 63.5 Å². The molecule has 0 radical (unpaired) electrons. The number of amides is 2. The zero-order valence-corrected chi connectivity index (χ0v) is 17.0. The van der Waals surface area contributed by atoms with Gasteiger partial charge in [-0.2, -0.15) is 0 Å². The molecule has 1 N–H and O–H groups in total. The normalized spacial score (nSPS) is 23.5. The average molecular weight is 373 g/mol. The van der Waals surface area contributed by atoms with Gasteiger partial charge in [-0.15, -0.1) is 0 Å². The Morgan fingerprint density at radius 3 is 2.19 bits per heavy atom. The van der Waals surface area contributed by atoms with E-state index in [-0.39, 0.29) is 23.3 Å². The molecular formula is C22H32N2O3. The summed E-state index contributed by atoms with van der Waals surface area (Å²) >= 11 is 0. The fraction of sp³-hybridized carbons (Fsp3) is 0.636. The van der Waals surface area contributed by atoms with Gasteiger partial charge in [-0.3, -0.25) is 4.79 Å². The lowest BCUT2D eigenvalue weighted by Crippen LogP contribution is -2.51. The second-order valence-electron chi connectivity index (χ2n) is 8.97. The van der Waals surface area contributed by atoms with Crippen LogP contribution in [0.3, 0.4) is 0 Å². The summed E-state index contributed by atoms with van der Waals surface area (Å²) in [6.07, 6.45) is 3.09. The largest absolute Gasteiger partial charge is 0.453 e. The Morgan fingerprint density at radius 1 is 1.07 bits per heavy atom. The molecule has 1 aromatic carbocycles. The van der Waals surface area contributed by atoms with Crippen LogP contribution in [0, 0.1) is 5.92 Å². The van der Waals surface area contributed by atoms with Crippen molar-refractivity contribution in [2.45, 2.75) is 63.8 Å². The van der Waals surface area contributed by atoms with Crippen LogP contribution in [-0.4, -0.2) is 43.1 Å². The minimum absolute atomic E-state index is 0.0507. The van der Waals surface area contributed by atoms with Crippen molar-refractivity contribution in [1.82, 2.24) is 10.2 Å². The second kappa shape index (κ2) is 7.91. The van der Waals surface area contributed by atoms with Crippen LogP contribution in [-0.2, 0) is 14.9 Å². The van der Waals surface area contributed by atoms with Crippen molar-refractivity contribution < 1.29 is 14.3 Å². The predicted molar refractivity (Wildman–Crippen MR) is 106 cm³/mol. The quantitative estimate of drug-likeness (QED) is 0.877. The number of nitrogens with zero attached hydrogens (tertiary/aromatic N) is 1. The fourth-order valence-electron chi connectivity index (χ4n) is 4.11. The van der Waals surface area contributed by atoms with Crippen LogP contribution in [0.5, 0.6) is 0 Å². The Balaban J connectivity index is 1.46. The summed E-state index contributed by atoms with van der Waals surface area (Å²) < 4.78 is 4.60. The van der Waals surface area contributed by atoms with E-state index in [9.17, 15) is 9.59 Å². The van der Waals surface area contributed by atoms with Gasteiger partial charge in [-0.1, -0.05) is 45.0 Å². The topological polar surface area (TPSA) is 58.6 Å². The molecule has 1 aliphatic heterocycles. The van der Waals surface area contributed by atoms with Gasteiger partial charge in [0, 0.05) is 25.0 Å². The highest BCUT2D eigenvalue weighted by Crippen LogP contribution is 2.34. The van der Waals surface area contributed by atoms with E-state index in [1.54, 1.807) is 0 Å². The van der Waals surface area contributed by atoms with Crippen molar-refractivity contribution >= 4 is 12.0 Å². The molecule has 27 heavy (non-hydrogen) atoms. The van der Waals surface area contributed by atoms with Crippen molar-refractivity contribution in [3.05, 3.63) is 35.4 Å². The van der Waals surface area contributed by atoms with Crippen LogP contribution in [0.25, 0.3) is 0 Å². The minimum atomic E-state index is -0.413. The predicted octanol–water partition coefficient (Wildman–Crippen LogP) is 3.82. The lowest BCUT2D eigenvalue weighted by atomic mass is 9.78. The zero-order chi connectivity index (χ0) is 19.6. The molecule has 2 amide bonds. The lowest BCUT2D eigenvalue weighted by molar-refractivity contribution is -0.140. The van der Waals surface area contributed by atoms with Gasteiger partial charge < -0.3 is 15.0 Å². The highest BCUT2D eigenvalue weighted by molar-refractivity contribution is 5.80. The Hall–Kier alpha value is -2.04. The number of benzene rings is 1. The smallest absolute Gasteiger partial charge is 0.407 e. The van der Waals surface area contributed by atoms with E-state index in [1.807, 2.05) is 4.90 Å². The Kier molecular flexibility index (Phi) is 5.78. The molecule has 1 aliphatic carbocycles. The first kappa shape index (κ1) is 19.7. The first-order valence-electron chi connectivity index (χ1n) is 10.0. The van der Waals surface area contributed by atoms with Gasteiger partial charge in [-0.25, -0.2) is 4.79 Å². The number of carbonyl (C=O) groups is 2. The lowest BCUT2D eigenvalue weighted by Gasteiger charge is -2.40. The molecule has 0 spiro atoms. The van der Waals surface area contributed by atoms with E-state index < -0.39 is 6.09 Å². The molecule has 0 aromatic heterocycles. The molecule has 5 heteroatoms. The van der Waals surface area contributed by atoms with Crippen molar-refractivity contribution in [3.63, 3.8) is 0 Å². The number of carbonyl (C=O) groups excluding carboxylic acids is 2. The van der Waals surface area contributed by atoms with Gasteiger partial charge >= 0.3 is 6.09 Å². The third kappa shape index (κ3) is 4.63. The maximum absolute atomic E-state index is 12.7. The molecule has 2 aliphatic rings. The van der Waals surface area contributed by atoms with E-state index in [1.165, 1.54) is 18.2 Å². The van der Waals surface area contributed by atoms with Gasteiger partial charge in [0.15, 0.2) is 0 Å². The molecule has 148 valence electrons. The van der Waals surface area contributed by atoms with Crippen LogP contribution in [0.15, 0.2) is 24.3 Å². The first-order chi connectivity index (χ1) is 12.8. The van der Waals surface area contributed by atoms with Crippen LogP contribution in [0.4, 0.5) is 4.79 Å². The van der Waals surface area contributed by atoms with Crippen LogP contribution >= 0.6 is 0 Å². The molecule has 3 rings (SSSR count).